The summed E-state index contributed by atoms with van der Waals surface area (Å²) in [6.07, 6.45) is 0.420. The Morgan fingerprint density at radius 1 is 1.25 bits per heavy atom. The summed E-state index contributed by atoms with van der Waals surface area (Å²) in [5, 5.41) is 10.7. The number of benzene rings is 1. The van der Waals surface area contributed by atoms with E-state index in [2.05, 4.69) is 16.1 Å². The highest BCUT2D eigenvalue weighted by Gasteiger charge is 2.53. The van der Waals surface area contributed by atoms with Crippen LogP contribution in [0.15, 0.2) is 42.5 Å². The molecule has 0 aliphatic heterocycles. The van der Waals surface area contributed by atoms with Gasteiger partial charge in [-0.1, -0.05) is 42.5 Å². The van der Waals surface area contributed by atoms with E-state index in [9.17, 15) is 14.7 Å². The molecule has 1 atom stereocenters. The van der Waals surface area contributed by atoms with E-state index in [-0.39, 0.29) is 19.4 Å². The lowest BCUT2D eigenvalue weighted by Crippen LogP contribution is -2.52. The predicted octanol–water partition coefficient (Wildman–Crippen LogP) is 2.07. The van der Waals surface area contributed by atoms with Gasteiger partial charge in [-0.05, 0) is 25.3 Å². The topological polar surface area (TPSA) is 118 Å². The zero-order chi connectivity index (χ0) is 21.0. The molecule has 152 valence electrons. The van der Waals surface area contributed by atoms with Crippen molar-refractivity contribution in [1.82, 2.24) is 0 Å². The number of hydrogen-bond donors (Lipinski definition) is 1. The van der Waals surface area contributed by atoms with Gasteiger partial charge in [0.05, 0.1) is 26.9 Å². The lowest BCUT2D eigenvalue weighted by atomic mass is 9.89. The molecule has 28 heavy (non-hydrogen) atoms. The first-order chi connectivity index (χ1) is 13.4. The van der Waals surface area contributed by atoms with Gasteiger partial charge < -0.3 is 24.8 Å². The molecule has 0 saturated heterocycles. The fraction of sp³-hybridized carbons (Fsp3) is 0.450. The summed E-state index contributed by atoms with van der Waals surface area (Å²) in [5.74, 6) is -2.23. The van der Waals surface area contributed by atoms with Crippen molar-refractivity contribution < 1.29 is 33.7 Å². The van der Waals surface area contributed by atoms with Gasteiger partial charge in [0.25, 0.3) is 5.60 Å². The number of methoxy groups -OCH3 is 1. The summed E-state index contributed by atoms with van der Waals surface area (Å²) in [5.41, 5.74) is 7.60. The molecule has 0 bridgehead atoms. The van der Waals surface area contributed by atoms with Crippen molar-refractivity contribution in [3.63, 3.8) is 0 Å². The van der Waals surface area contributed by atoms with Crippen LogP contribution in [-0.2, 0) is 30.4 Å². The van der Waals surface area contributed by atoms with E-state index in [1.54, 1.807) is 6.92 Å². The van der Waals surface area contributed by atoms with E-state index in [0.717, 1.165) is 12.7 Å². The van der Waals surface area contributed by atoms with E-state index in [1.165, 1.54) is 0 Å². The number of nitrogens with zero attached hydrogens (tertiary/aromatic N) is 2. The Kier molecular flexibility index (Phi) is 9.81. The summed E-state index contributed by atoms with van der Waals surface area (Å²) < 4.78 is 14.9. The van der Waals surface area contributed by atoms with Gasteiger partial charge in [-0.3, -0.25) is 0 Å². The van der Waals surface area contributed by atoms with Crippen LogP contribution in [0.1, 0.15) is 31.7 Å². The first kappa shape index (κ1) is 23.2. The van der Waals surface area contributed by atoms with Gasteiger partial charge in [0.15, 0.2) is 0 Å². The van der Waals surface area contributed by atoms with E-state index in [0.29, 0.717) is 25.2 Å². The Morgan fingerprint density at radius 2 is 1.93 bits per heavy atom. The smallest absolute Gasteiger partial charge is 0.420 e. The third kappa shape index (κ3) is 6.74. The molecule has 0 fully saturated rings. The van der Waals surface area contributed by atoms with Crippen molar-refractivity contribution in [1.29, 1.82) is 0 Å². The Hall–Kier alpha value is -2.80. The fourth-order valence-corrected chi connectivity index (χ4v) is 2.44. The van der Waals surface area contributed by atoms with E-state index < -0.39 is 23.3 Å². The molecule has 0 heterocycles. The third-order valence-corrected chi connectivity index (χ3v) is 4.04. The van der Waals surface area contributed by atoms with Crippen molar-refractivity contribution in [3.8, 4) is 0 Å². The van der Waals surface area contributed by atoms with Crippen LogP contribution in [0.2, 0.25) is 0 Å². The maximum atomic E-state index is 12.0. The second-order valence-electron chi connectivity index (χ2n) is 6.06. The summed E-state index contributed by atoms with van der Waals surface area (Å²) in [6.45, 7) is 6.29. The SMILES string of the molecule is C=C(CCOCc1ccccc1)CCC(O)(C(=O)OC)C(=[N+]=[N-])C(=O)OCC. The van der Waals surface area contributed by atoms with Gasteiger partial charge >= 0.3 is 17.7 Å². The van der Waals surface area contributed by atoms with Crippen molar-refractivity contribution in [2.75, 3.05) is 20.3 Å². The van der Waals surface area contributed by atoms with Crippen LogP contribution in [0.3, 0.4) is 0 Å². The first-order valence-electron chi connectivity index (χ1n) is 8.87. The Morgan fingerprint density at radius 3 is 2.50 bits per heavy atom. The Bertz CT molecular complexity index is 727. The number of rotatable bonds is 12. The average molecular weight is 390 g/mol. The van der Waals surface area contributed by atoms with Crippen LogP contribution in [0, 0.1) is 0 Å². The van der Waals surface area contributed by atoms with Gasteiger partial charge in [0.2, 0.25) is 0 Å². The Balaban J connectivity index is 2.62. The van der Waals surface area contributed by atoms with Crippen LogP contribution in [0.5, 0.6) is 0 Å². The highest BCUT2D eigenvalue weighted by Crippen LogP contribution is 2.21. The predicted molar refractivity (Wildman–Crippen MR) is 101 cm³/mol. The second-order valence-corrected chi connectivity index (χ2v) is 6.06. The monoisotopic (exact) mass is 390 g/mol. The van der Waals surface area contributed by atoms with Gasteiger partial charge in [0.1, 0.15) is 0 Å². The normalized spacial score (nSPS) is 12.4. The molecular weight excluding hydrogens is 364 g/mol. The van der Waals surface area contributed by atoms with Crippen LogP contribution in [0.4, 0.5) is 0 Å². The molecule has 8 nitrogen and oxygen atoms in total. The summed E-state index contributed by atoms with van der Waals surface area (Å²) in [7, 11) is 1.06. The number of carbonyl (C=O) groups is 2. The van der Waals surface area contributed by atoms with Gasteiger partial charge in [-0.15, -0.1) is 0 Å². The largest absolute Gasteiger partial charge is 0.466 e. The van der Waals surface area contributed by atoms with E-state index >= 15 is 0 Å². The molecule has 0 saturated carbocycles. The number of carbonyl (C=O) groups excluding carboxylic acids is 2. The fourth-order valence-electron chi connectivity index (χ4n) is 2.44. The molecule has 8 heteroatoms. The minimum Gasteiger partial charge on any atom is -0.466 e. The van der Waals surface area contributed by atoms with Crippen molar-refractivity contribution in [2.45, 2.75) is 38.4 Å². The maximum absolute atomic E-state index is 12.0. The summed E-state index contributed by atoms with van der Waals surface area (Å²) >= 11 is 0. The molecule has 0 amide bonds. The van der Waals surface area contributed by atoms with Crippen molar-refractivity contribution >= 4 is 17.7 Å². The lowest BCUT2D eigenvalue weighted by Gasteiger charge is -2.20. The van der Waals surface area contributed by atoms with E-state index in [1.807, 2.05) is 30.3 Å². The molecule has 0 spiro atoms. The molecule has 1 unspecified atom stereocenters. The number of hydrogen-bond acceptors (Lipinski definition) is 6. The third-order valence-electron chi connectivity index (χ3n) is 4.04. The molecule has 1 aromatic rings. The highest BCUT2D eigenvalue weighted by atomic mass is 16.5. The molecule has 0 radical (unpaired) electrons. The molecule has 1 aromatic carbocycles. The number of ether oxygens (including phenoxy) is 3. The van der Waals surface area contributed by atoms with Crippen molar-refractivity contribution in [2.24, 2.45) is 0 Å². The molecule has 1 rings (SSSR count). The summed E-state index contributed by atoms with van der Waals surface area (Å²) in [6, 6.07) is 9.69. The minimum atomic E-state index is -2.44. The number of esters is 2. The second kappa shape index (κ2) is 11.8. The van der Waals surface area contributed by atoms with Gasteiger partial charge in [-0.2, -0.15) is 4.79 Å². The minimum absolute atomic E-state index is 0.0133. The average Bonchev–Trinajstić information content (AvgIpc) is 2.70. The first-order valence-corrected chi connectivity index (χ1v) is 8.87. The van der Waals surface area contributed by atoms with Gasteiger partial charge in [0, 0.05) is 6.42 Å². The molecular formula is C20H26N2O6. The van der Waals surface area contributed by atoms with E-state index in [4.69, 9.17) is 15.0 Å². The van der Waals surface area contributed by atoms with Crippen LogP contribution in [-0.4, -0.2) is 53.5 Å². The zero-order valence-corrected chi connectivity index (χ0v) is 16.2. The Labute approximate surface area is 164 Å². The van der Waals surface area contributed by atoms with Gasteiger partial charge in [-0.25, -0.2) is 9.59 Å². The molecule has 0 aliphatic carbocycles. The molecule has 0 aromatic heterocycles. The lowest BCUT2D eigenvalue weighted by molar-refractivity contribution is -0.163. The summed E-state index contributed by atoms with van der Waals surface area (Å²) in [4.78, 5) is 26.7. The number of aliphatic hydroxyl groups is 1. The highest BCUT2D eigenvalue weighted by molar-refractivity contribution is 6.41. The quantitative estimate of drug-likeness (QED) is 0.146. The zero-order valence-electron chi connectivity index (χ0n) is 16.2. The standard InChI is InChI=1S/C20H26N2O6/c1-4-28-18(23)17(22-21)20(25,19(24)26-3)12-10-15(2)11-13-27-14-16-8-6-5-7-9-16/h5-9,25H,2,4,10-14H2,1,3H3. The van der Waals surface area contributed by atoms with Crippen molar-refractivity contribution in [3.05, 3.63) is 53.6 Å². The molecule has 1 N–H and O–H groups in total. The van der Waals surface area contributed by atoms with Crippen LogP contribution < -0.4 is 0 Å². The van der Waals surface area contributed by atoms with Crippen LogP contribution in [0.25, 0.3) is 5.53 Å². The molecule has 0 aliphatic rings. The van der Waals surface area contributed by atoms with Crippen LogP contribution >= 0.6 is 0 Å². The maximum Gasteiger partial charge on any atom is 0.420 e.